The van der Waals surface area contributed by atoms with Crippen LogP contribution in [0.3, 0.4) is 0 Å². The lowest BCUT2D eigenvalue weighted by atomic mass is 9.84. The summed E-state index contributed by atoms with van der Waals surface area (Å²) in [4.78, 5) is 18.3. The first-order valence-corrected chi connectivity index (χ1v) is 56.3. The Bertz CT molecular complexity index is 5170. The molecule has 1 heterocycles. The first kappa shape index (κ1) is 99.4. The normalized spacial score (nSPS) is 15.3. The summed E-state index contributed by atoms with van der Waals surface area (Å²) in [6.45, 7) is 40.9. The van der Waals surface area contributed by atoms with Crippen molar-refractivity contribution in [2.24, 2.45) is 0 Å². The van der Waals surface area contributed by atoms with Crippen molar-refractivity contribution in [2.45, 2.75) is 335 Å². The van der Waals surface area contributed by atoms with E-state index in [0.717, 1.165) is 17.8 Å². The SMILES string of the molecule is CC(C)(C)c1ccc([S+](c2ccc(C(C)(C)C)cc2)c2ccc(C(C)(C)C)cc2)cc1.CC(C)(C)c1ccc([S+](c2ccccc2)c2ccc(C(C)(C)C)cc2)cc1.CC(C)(C)c1ccc([S+]2CCSCC2)cc1.c1ccc([S+](c2ccc(C3CCCCC3)cc2)c2ccc(C3CCCCC3)cc2)cc1.c1ccc([S+](c2ccccc2)c2ccc(C3CCCCC3)cc2)cc1. The molecule has 0 aromatic heterocycles. The largest absolute Gasteiger partial charge is 0.166 e. The van der Waals surface area contributed by atoms with E-state index in [1.54, 1.807) is 16.0 Å². The van der Waals surface area contributed by atoms with Gasteiger partial charge in [0.2, 0.25) is 0 Å². The van der Waals surface area contributed by atoms with E-state index in [0.29, 0.717) is 10.9 Å². The van der Waals surface area contributed by atoms with Gasteiger partial charge in [-0.1, -0.05) is 364 Å². The van der Waals surface area contributed by atoms with E-state index in [1.807, 2.05) is 0 Å². The Morgan fingerprint density at radius 3 is 0.531 bits per heavy atom. The van der Waals surface area contributed by atoms with Crippen molar-refractivity contribution in [1.29, 1.82) is 0 Å². The van der Waals surface area contributed by atoms with Gasteiger partial charge < -0.3 is 0 Å². The highest BCUT2D eigenvalue weighted by Gasteiger charge is 2.36. The van der Waals surface area contributed by atoms with Crippen LogP contribution < -0.4 is 0 Å². The molecule has 13 aromatic rings. The third-order valence-corrected chi connectivity index (χ3v) is 39.0. The molecule has 4 fully saturated rings. The average molecular weight is 1830 g/mol. The fourth-order valence-electron chi connectivity index (χ4n) is 18.2. The van der Waals surface area contributed by atoms with Crippen molar-refractivity contribution in [3.63, 3.8) is 0 Å². The summed E-state index contributed by atoms with van der Waals surface area (Å²) in [6, 6.07) is 128. The van der Waals surface area contributed by atoms with Gasteiger partial charge in [-0.15, -0.1) is 0 Å². The molecule has 17 rings (SSSR count). The molecule has 13 aromatic carbocycles. The Kier molecular flexibility index (Phi) is 35.4. The molecular formula is C124H151S6+5. The highest BCUT2D eigenvalue weighted by Crippen LogP contribution is 2.43. The van der Waals surface area contributed by atoms with E-state index in [-0.39, 0.29) is 76.1 Å². The Labute approximate surface area is 806 Å². The van der Waals surface area contributed by atoms with Gasteiger partial charge in [0.1, 0.15) is 11.5 Å². The van der Waals surface area contributed by atoms with E-state index < -0.39 is 0 Å². The van der Waals surface area contributed by atoms with Crippen LogP contribution in [0, 0.1) is 0 Å². The smallest absolute Gasteiger partial charge is 0.152 e. The second-order valence-electron chi connectivity index (χ2n) is 42.3. The van der Waals surface area contributed by atoms with Gasteiger partial charge in [-0.25, -0.2) is 0 Å². The minimum atomic E-state index is -0.120. The summed E-state index contributed by atoms with van der Waals surface area (Å²) in [5.74, 6) is 7.80. The lowest BCUT2D eigenvalue weighted by molar-refractivity contribution is 0.443. The van der Waals surface area contributed by atoms with Crippen LogP contribution in [0.4, 0.5) is 0 Å². The van der Waals surface area contributed by atoms with Crippen molar-refractivity contribution >= 4 is 66.2 Å². The van der Waals surface area contributed by atoms with Crippen molar-refractivity contribution in [3.8, 4) is 0 Å². The summed E-state index contributed by atoms with van der Waals surface area (Å²) in [5, 5.41) is 0. The van der Waals surface area contributed by atoms with Gasteiger partial charge in [-0.3, -0.25) is 0 Å². The first-order valence-electron chi connectivity index (χ1n) is 48.7. The summed E-state index contributed by atoms with van der Waals surface area (Å²) in [5.41, 5.74) is 14.1. The lowest BCUT2D eigenvalue weighted by Gasteiger charge is -2.22. The monoisotopic (exact) mass is 1830 g/mol. The Balaban J connectivity index is 0.000000140. The highest BCUT2D eigenvalue weighted by molar-refractivity contribution is 8.05. The third-order valence-electron chi connectivity index (χ3n) is 26.3. The fraction of sp³-hybridized carbons (Fsp3) is 0.371. The maximum atomic E-state index is 2.42. The van der Waals surface area contributed by atoms with Gasteiger partial charge in [0.05, 0.1) is 43.6 Å². The second-order valence-corrected chi connectivity index (χ2v) is 54.0. The number of rotatable bonds is 16. The van der Waals surface area contributed by atoms with Gasteiger partial charge in [0, 0.05) is 22.4 Å². The van der Waals surface area contributed by atoms with Gasteiger partial charge in [-0.05, 0) is 297 Å². The number of benzene rings is 13. The van der Waals surface area contributed by atoms with Crippen LogP contribution in [0.15, 0.2) is 403 Å². The van der Waals surface area contributed by atoms with Crippen LogP contribution in [-0.2, 0) is 87.0 Å². The lowest BCUT2D eigenvalue weighted by Crippen LogP contribution is -2.21. The number of hydrogen-bond donors (Lipinski definition) is 0. The van der Waals surface area contributed by atoms with Crippen LogP contribution in [-0.4, -0.2) is 23.0 Å². The fourth-order valence-corrected chi connectivity index (χ4v) is 30.4. The molecule has 130 heavy (non-hydrogen) atoms. The van der Waals surface area contributed by atoms with Gasteiger partial charge in [0.15, 0.2) is 63.6 Å². The van der Waals surface area contributed by atoms with E-state index in [9.17, 15) is 0 Å². The van der Waals surface area contributed by atoms with Crippen LogP contribution >= 0.6 is 11.8 Å². The molecule has 0 bridgehead atoms. The van der Waals surface area contributed by atoms with E-state index in [2.05, 4.69) is 476 Å². The molecule has 0 nitrogen and oxygen atoms in total. The summed E-state index contributed by atoms with van der Waals surface area (Å²) < 4.78 is 0. The predicted molar refractivity (Wildman–Crippen MR) is 575 cm³/mol. The van der Waals surface area contributed by atoms with Gasteiger partial charge in [0.25, 0.3) is 0 Å². The zero-order chi connectivity index (χ0) is 92.1. The summed E-state index contributed by atoms with van der Waals surface area (Å²) in [7, 11) is 0.263. The maximum absolute atomic E-state index is 2.42. The topological polar surface area (TPSA) is 0 Å². The average Bonchev–Trinajstić information content (AvgIpc) is 0.769. The minimum absolute atomic E-state index is 0.0278. The van der Waals surface area contributed by atoms with Crippen LogP contribution in [0.25, 0.3) is 0 Å². The predicted octanol–water partition coefficient (Wildman–Crippen LogP) is 35.5. The van der Waals surface area contributed by atoms with Crippen LogP contribution in [0.5, 0.6) is 0 Å². The van der Waals surface area contributed by atoms with Crippen molar-refractivity contribution in [3.05, 3.63) is 390 Å². The van der Waals surface area contributed by atoms with Gasteiger partial charge in [-0.2, -0.15) is 11.8 Å². The van der Waals surface area contributed by atoms with E-state index in [4.69, 9.17) is 0 Å². The number of hydrogen-bond acceptors (Lipinski definition) is 1. The Morgan fingerprint density at radius 2 is 0.354 bits per heavy atom. The molecule has 3 aliphatic carbocycles. The molecule has 0 atom stereocenters. The van der Waals surface area contributed by atoms with Crippen LogP contribution in [0.1, 0.15) is 289 Å². The number of thioether (sulfide) groups is 1. The molecule has 678 valence electrons. The van der Waals surface area contributed by atoms with Crippen molar-refractivity contribution in [1.82, 2.24) is 0 Å². The molecule has 6 heteroatoms. The van der Waals surface area contributed by atoms with E-state index >= 15 is 0 Å². The molecule has 1 saturated heterocycles. The Hall–Kier alpha value is -8.04. The summed E-state index contributed by atoms with van der Waals surface area (Å²) >= 11 is 2.11. The summed E-state index contributed by atoms with van der Waals surface area (Å²) in [6.07, 6.45) is 20.8. The van der Waals surface area contributed by atoms with Gasteiger partial charge >= 0.3 is 0 Å². The van der Waals surface area contributed by atoms with E-state index in [1.165, 1.54) is 217 Å². The molecule has 3 saturated carbocycles. The molecule has 1 aliphatic heterocycles. The molecule has 0 unspecified atom stereocenters. The quantitative estimate of drug-likeness (QED) is 0.0869. The third kappa shape index (κ3) is 28.1. The molecule has 0 spiro atoms. The molecule has 4 aliphatic rings. The van der Waals surface area contributed by atoms with Crippen molar-refractivity contribution < 1.29 is 0 Å². The standard InChI is InChI=1S/C30H35S.C30H39S.C26H31S.C24H25S.C14H21S2/c1-4-10-24(11-5-1)26-16-20-29(21-17-26)31(28-14-8-3-9-15-28)30-22-18-27(19-23-30)25-12-6-2-7-13-25;1-28(2,3)22-10-16-25(17-11-22)31(26-18-12-23(13-19-26)29(4,5)6)27-20-14-24(15-21-27)30(7,8)9;1-25(2,3)20-12-16-23(17-13-20)27(22-10-8-7-9-11-22)24-18-14-21(15-19-24)26(4,5)6;1-4-10-20(11-5-1)21-16-18-24(19-17-21)25(22-12-6-2-7-13-22)23-14-8-3-9-15-23;1-14(2,3)12-4-6-13(7-5-12)16-10-8-15-9-11-16/h3,8-9,14-25H,1-2,4-7,10-13H2;10-21H,1-9H3;7-19H,1-6H3;2-3,6-9,12-20H,1,4-5,10-11H2;4-7H,8-11H2,1-3H3/q5*+1. The highest BCUT2D eigenvalue weighted by atomic mass is 32.2. The molecule has 0 amide bonds. The van der Waals surface area contributed by atoms with Crippen LogP contribution in [0.2, 0.25) is 0 Å². The molecule has 0 N–H and O–H groups in total. The second kappa shape index (κ2) is 46.3. The zero-order valence-electron chi connectivity index (χ0n) is 81.9. The minimum Gasteiger partial charge on any atom is -0.152 e. The molecule has 0 radical (unpaired) electrons. The maximum Gasteiger partial charge on any atom is 0.166 e. The molecular weight excluding hydrogens is 1680 g/mol. The zero-order valence-corrected chi connectivity index (χ0v) is 86.8. The van der Waals surface area contributed by atoms with Crippen molar-refractivity contribution in [2.75, 3.05) is 23.0 Å². The first-order chi connectivity index (χ1) is 62.3. The Morgan fingerprint density at radius 1 is 0.192 bits per heavy atom.